The van der Waals surface area contributed by atoms with E-state index in [1.54, 1.807) is 12.1 Å². The molecule has 0 saturated carbocycles. The minimum atomic E-state index is -1.26. The number of carbonyl (C=O) groups excluding carboxylic acids is 1. The first-order valence-electron chi connectivity index (χ1n) is 10.5. The lowest BCUT2D eigenvalue weighted by Crippen LogP contribution is -2.24. The molecule has 0 aromatic heterocycles. The van der Waals surface area contributed by atoms with E-state index in [0.717, 1.165) is 38.9 Å². The molecule has 6 nitrogen and oxygen atoms in total. The third-order valence-corrected chi connectivity index (χ3v) is 4.61. The molecule has 0 unspecified atom stereocenters. The molecule has 0 fully saturated rings. The predicted octanol–water partition coefficient (Wildman–Crippen LogP) is 4.80. The zero-order valence-corrected chi connectivity index (χ0v) is 18.2. The largest absolute Gasteiger partial charge is 0.478 e. The van der Waals surface area contributed by atoms with Gasteiger partial charge in [0.2, 0.25) is 0 Å². The summed E-state index contributed by atoms with van der Waals surface area (Å²) in [6.45, 7) is 5.24. The van der Waals surface area contributed by atoms with Crippen LogP contribution in [-0.2, 0) is 16.1 Å². The molecule has 0 heterocycles. The number of ketones is 1. The summed E-state index contributed by atoms with van der Waals surface area (Å²) >= 11 is 0. The Morgan fingerprint density at radius 3 is 2.00 bits per heavy atom. The number of aliphatic carboxylic acids is 2. The maximum Gasteiger partial charge on any atom is 0.328 e. The lowest BCUT2D eigenvalue weighted by Gasteiger charge is -2.20. The van der Waals surface area contributed by atoms with Crippen molar-refractivity contribution in [2.45, 2.75) is 39.2 Å². The van der Waals surface area contributed by atoms with Gasteiger partial charge in [-0.25, -0.2) is 14.0 Å². The summed E-state index contributed by atoms with van der Waals surface area (Å²) in [7, 11) is 0. The van der Waals surface area contributed by atoms with Crippen molar-refractivity contribution >= 4 is 17.7 Å². The van der Waals surface area contributed by atoms with Crippen LogP contribution in [-0.4, -0.2) is 45.9 Å². The van der Waals surface area contributed by atoms with Crippen molar-refractivity contribution < 1.29 is 29.0 Å². The van der Waals surface area contributed by atoms with E-state index in [-0.39, 0.29) is 11.6 Å². The van der Waals surface area contributed by atoms with E-state index in [1.165, 1.54) is 17.7 Å². The number of carbonyl (C=O) groups is 3. The van der Waals surface area contributed by atoms with Crippen molar-refractivity contribution in [3.63, 3.8) is 0 Å². The zero-order valence-electron chi connectivity index (χ0n) is 18.2. The number of hydrogen-bond acceptors (Lipinski definition) is 4. The van der Waals surface area contributed by atoms with Crippen LogP contribution in [0.5, 0.6) is 0 Å². The quantitative estimate of drug-likeness (QED) is 0.278. The monoisotopic (exact) mass is 443 g/mol. The molecular formula is C25H30FNO5. The minimum absolute atomic E-state index is 0.103. The van der Waals surface area contributed by atoms with Gasteiger partial charge in [0.05, 0.1) is 0 Å². The molecule has 2 rings (SSSR count). The Bertz CT molecular complexity index is 850. The fourth-order valence-electron chi connectivity index (χ4n) is 2.91. The van der Waals surface area contributed by atoms with Gasteiger partial charge in [-0.3, -0.25) is 9.69 Å². The van der Waals surface area contributed by atoms with Crippen molar-refractivity contribution in [2.75, 3.05) is 13.1 Å². The Hall–Kier alpha value is -3.32. The first-order valence-corrected chi connectivity index (χ1v) is 10.5. The molecule has 0 aliphatic heterocycles. The molecule has 0 spiro atoms. The Morgan fingerprint density at radius 1 is 0.875 bits per heavy atom. The molecule has 2 aromatic carbocycles. The SMILES string of the molecule is CCN(CCCCCC(=O)c1ccc(F)cc1)Cc1ccccc1.O=C(O)/C=C/C(=O)O. The lowest BCUT2D eigenvalue weighted by atomic mass is 10.0. The molecule has 0 amide bonds. The van der Waals surface area contributed by atoms with Gasteiger partial charge in [-0.2, -0.15) is 0 Å². The number of nitrogens with zero attached hydrogens (tertiary/aromatic N) is 1. The molecule has 2 aromatic rings. The number of Topliss-reactive ketones (excluding diaryl/α,β-unsaturated/α-hetero) is 1. The van der Waals surface area contributed by atoms with Crippen molar-refractivity contribution in [2.24, 2.45) is 0 Å². The second-order valence-electron chi connectivity index (χ2n) is 7.10. The summed E-state index contributed by atoms with van der Waals surface area (Å²) in [5.74, 6) is -2.71. The number of rotatable bonds is 12. The number of carboxylic acids is 2. The van der Waals surface area contributed by atoms with Crippen LogP contribution in [0, 0.1) is 5.82 Å². The predicted molar refractivity (Wildman–Crippen MR) is 121 cm³/mol. The van der Waals surface area contributed by atoms with Gasteiger partial charge in [-0.05, 0) is 55.8 Å². The fraction of sp³-hybridized carbons (Fsp3) is 0.320. The normalized spacial score (nSPS) is 10.6. The highest BCUT2D eigenvalue weighted by Crippen LogP contribution is 2.11. The number of hydrogen-bond donors (Lipinski definition) is 2. The van der Waals surface area contributed by atoms with E-state index in [4.69, 9.17) is 10.2 Å². The third kappa shape index (κ3) is 12.4. The van der Waals surface area contributed by atoms with Gasteiger partial charge in [0, 0.05) is 30.7 Å². The van der Waals surface area contributed by atoms with Crippen molar-refractivity contribution in [1.82, 2.24) is 4.90 Å². The number of halogens is 1. The highest BCUT2D eigenvalue weighted by Gasteiger charge is 2.07. The van der Waals surface area contributed by atoms with E-state index in [2.05, 4.69) is 36.1 Å². The molecular weight excluding hydrogens is 413 g/mol. The van der Waals surface area contributed by atoms with Gasteiger partial charge in [0.1, 0.15) is 5.82 Å². The second-order valence-corrected chi connectivity index (χ2v) is 7.10. The topological polar surface area (TPSA) is 94.9 Å². The summed E-state index contributed by atoms with van der Waals surface area (Å²) in [4.78, 5) is 33.6. The Kier molecular flexibility index (Phi) is 12.9. The minimum Gasteiger partial charge on any atom is -0.478 e. The second kappa shape index (κ2) is 15.5. The number of carboxylic acid groups (broad SMARTS) is 2. The summed E-state index contributed by atoms with van der Waals surface area (Å²) in [5.41, 5.74) is 1.95. The molecule has 0 atom stereocenters. The summed E-state index contributed by atoms with van der Waals surface area (Å²) < 4.78 is 12.9. The van der Waals surface area contributed by atoms with Gasteiger partial charge in [0.25, 0.3) is 0 Å². The van der Waals surface area contributed by atoms with Crippen LogP contribution in [0.3, 0.4) is 0 Å². The highest BCUT2D eigenvalue weighted by atomic mass is 19.1. The van der Waals surface area contributed by atoms with Crippen molar-refractivity contribution in [3.8, 4) is 0 Å². The fourth-order valence-corrected chi connectivity index (χ4v) is 2.91. The number of unbranched alkanes of at least 4 members (excludes halogenated alkanes) is 2. The Labute approximate surface area is 188 Å². The average molecular weight is 444 g/mol. The Morgan fingerprint density at radius 2 is 1.47 bits per heavy atom. The van der Waals surface area contributed by atoms with Gasteiger partial charge < -0.3 is 10.2 Å². The third-order valence-electron chi connectivity index (χ3n) is 4.61. The van der Waals surface area contributed by atoms with Gasteiger partial charge in [-0.15, -0.1) is 0 Å². The number of benzene rings is 2. The van der Waals surface area contributed by atoms with Gasteiger partial charge in [0.15, 0.2) is 5.78 Å². The standard InChI is InChI=1S/C21H26FNO.C4H4O4/c1-2-23(17-18-9-5-3-6-10-18)16-8-4-7-11-21(24)19-12-14-20(22)15-13-19;5-3(6)1-2-4(7)8/h3,5-6,9-10,12-15H,2,4,7-8,11,16-17H2,1H3;1-2H,(H,5,6)(H,7,8)/b;2-1+. The molecule has 32 heavy (non-hydrogen) atoms. The van der Waals surface area contributed by atoms with Crippen LogP contribution in [0.25, 0.3) is 0 Å². The van der Waals surface area contributed by atoms with E-state index < -0.39 is 11.9 Å². The van der Waals surface area contributed by atoms with Crippen LogP contribution < -0.4 is 0 Å². The van der Waals surface area contributed by atoms with Gasteiger partial charge in [-0.1, -0.05) is 43.7 Å². The maximum atomic E-state index is 12.9. The van der Waals surface area contributed by atoms with E-state index in [1.807, 2.05) is 6.07 Å². The zero-order chi connectivity index (χ0) is 23.8. The van der Waals surface area contributed by atoms with Crippen LogP contribution in [0.1, 0.15) is 48.5 Å². The summed E-state index contributed by atoms with van der Waals surface area (Å²) in [6.07, 6.45) is 4.68. The van der Waals surface area contributed by atoms with E-state index in [9.17, 15) is 18.8 Å². The first kappa shape index (κ1) is 26.7. The summed E-state index contributed by atoms with van der Waals surface area (Å²) in [6, 6.07) is 16.3. The molecule has 0 saturated heterocycles. The Balaban J connectivity index is 0.000000547. The molecule has 0 aliphatic carbocycles. The smallest absolute Gasteiger partial charge is 0.328 e. The van der Waals surface area contributed by atoms with Crippen molar-refractivity contribution in [3.05, 3.63) is 83.7 Å². The lowest BCUT2D eigenvalue weighted by molar-refractivity contribution is -0.134. The van der Waals surface area contributed by atoms with Crippen LogP contribution in [0.4, 0.5) is 4.39 Å². The van der Waals surface area contributed by atoms with E-state index >= 15 is 0 Å². The first-order chi connectivity index (χ1) is 15.3. The van der Waals surface area contributed by atoms with E-state index in [0.29, 0.717) is 24.1 Å². The molecule has 172 valence electrons. The molecule has 0 bridgehead atoms. The van der Waals surface area contributed by atoms with Crippen LogP contribution in [0.2, 0.25) is 0 Å². The maximum absolute atomic E-state index is 12.9. The molecule has 2 N–H and O–H groups in total. The summed E-state index contributed by atoms with van der Waals surface area (Å²) in [5, 5.41) is 15.6. The van der Waals surface area contributed by atoms with Gasteiger partial charge >= 0.3 is 11.9 Å². The van der Waals surface area contributed by atoms with Crippen LogP contribution in [0.15, 0.2) is 66.7 Å². The average Bonchev–Trinajstić information content (AvgIpc) is 2.78. The van der Waals surface area contributed by atoms with Crippen LogP contribution >= 0.6 is 0 Å². The highest BCUT2D eigenvalue weighted by molar-refractivity contribution is 5.95. The van der Waals surface area contributed by atoms with Crippen molar-refractivity contribution in [1.29, 1.82) is 0 Å². The molecule has 0 radical (unpaired) electrons. The molecule has 0 aliphatic rings. The molecule has 7 heteroatoms.